The van der Waals surface area contributed by atoms with Crippen molar-refractivity contribution in [3.63, 3.8) is 0 Å². The van der Waals surface area contributed by atoms with Crippen LogP contribution in [-0.2, 0) is 7.05 Å². The van der Waals surface area contributed by atoms with Crippen LogP contribution in [0.4, 0.5) is 0 Å². The quantitative estimate of drug-likeness (QED) is 0.937. The minimum absolute atomic E-state index is 0.0365. The highest BCUT2D eigenvalue weighted by molar-refractivity contribution is 6.30. The Morgan fingerprint density at radius 2 is 2.00 bits per heavy atom. The maximum absolute atomic E-state index is 9.72. The number of hydrogen-bond acceptors (Lipinski definition) is 4. The lowest BCUT2D eigenvalue weighted by Gasteiger charge is -2.39. The summed E-state index contributed by atoms with van der Waals surface area (Å²) >= 11 is 6.00. The average molecular weight is 331 g/mol. The summed E-state index contributed by atoms with van der Waals surface area (Å²) < 4.78 is 1.81. The molecule has 2 aromatic rings. The maximum Gasteiger partial charge on any atom is 0.164 e. The predicted octanol–water partition coefficient (Wildman–Crippen LogP) is 2.88. The summed E-state index contributed by atoms with van der Waals surface area (Å²) in [4.78, 5) is 6.71. The standard InChI is InChI=1S/C17H19ClN4O/c1-12(11-23)22-15(13-3-5-14(18)6-4-13)7-9-19-17(22)16-8-10-20-21(16)2/h3-10,12,17,23H,11H2,1-2H3/t12-,17?/m0/s1. The van der Waals surface area contributed by atoms with Gasteiger partial charge in [-0.2, -0.15) is 5.10 Å². The molecule has 1 aromatic heterocycles. The van der Waals surface area contributed by atoms with Gasteiger partial charge in [0, 0.05) is 30.2 Å². The van der Waals surface area contributed by atoms with Crippen molar-refractivity contribution in [3.05, 3.63) is 58.9 Å². The molecule has 1 aliphatic rings. The van der Waals surface area contributed by atoms with Gasteiger partial charge in [-0.15, -0.1) is 0 Å². The van der Waals surface area contributed by atoms with Crippen molar-refractivity contribution >= 4 is 23.5 Å². The van der Waals surface area contributed by atoms with Gasteiger partial charge < -0.3 is 10.0 Å². The molecule has 120 valence electrons. The largest absolute Gasteiger partial charge is 0.394 e. The first-order valence-corrected chi connectivity index (χ1v) is 7.86. The molecule has 0 fully saturated rings. The number of nitrogens with zero attached hydrogens (tertiary/aromatic N) is 4. The van der Waals surface area contributed by atoms with Gasteiger partial charge in [-0.25, -0.2) is 0 Å². The second-order valence-corrected chi connectivity index (χ2v) is 5.99. The number of halogens is 1. The number of aliphatic imine (C=N–C) groups is 1. The minimum atomic E-state index is -0.222. The van der Waals surface area contributed by atoms with E-state index < -0.39 is 0 Å². The van der Waals surface area contributed by atoms with E-state index in [-0.39, 0.29) is 18.8 Å². The lowest BCUT2D eigenvalue weighted by atomic mass is 10.1. The Balaban J connectivity index is 2.04. The van der Waals surface area contributed by atoms with Crippen molar-refractivity contribution in [2.45, 2.75) is 19.1 Å². The molecule has 6 heteroatoms. The molecular weight excluding hydrogens is 312 g/mol. The Kier molecular flexibility index (Phi) is 4.50. The molecule has 2 heterocycles. The summed E-state index contributed by atoms with van der Waals surface area (Å²) in [5, 5.41) is 14.7. The number of rotatable bonds is 4. The van der Waals surface area contributed by atoms with Crippen molar-refractivity contribution in [2.75, 3.05) is 6.61 Å². The van der Waals surface area contributed by atoms with Crippen molar-refractivity contribution in [3.8, 4) is 0 Å². The number of aromatic nitrogens is 2. The first kappa shape index (κ1) is 15.8. The fourth-order valence-electron chi connectivity index (χ4n) is 2.77. The van der Waals surface area contributed by atoms with Crippen LogP contribution in [0.25, 0.3) is 5.70 Å². The SMILES string of the molecule is C[C@@H](CO)N1C(c2ccc(Cl)cc2)=CC=NC1c1ccnn1C. The average Bonchev–Trinajstić information content (AvgIpc) is 3.00. The van der Waals surface area contributed by atoms with Crippen LogP contribution in [0.1, 0.15) is 24.3 Å². The third-order valence-electron chi connectivity index (χ3n) is 4.00. The Morgan fingerprint density at radius 3 is 2.61 bits per heavy atom. The van der Waals surface area contributed by atoms with E-state index >= 15 is 0 Å². The summed E-state index contributed by atoms with van der Waals surface area (Å²) in [6.07, 6.45) is 5.30. The summed E-state index contributed by atoms with van der Waals surface area (Å²) in [7, 11) is 1.90. The molecular formula is C17H19ClN4O. The van der Waals surface area contributed by atoms with E-state index in [1.54, 1.807) is 6.20 Å². The van der Waals surface area contributed by atoms with Gasteiger partial charge in [0.1, 0.15) is 0 Å². The molecule has 1 aliphatic heterocycles. The number of allylic oxidation sites excluding steroid dienone is 1. The summed E-state index contributed by atoms with van der Waals surface area (Å²) in [5.41, 5.74) is 3.01. The van der Waals surface area contributed by atoms with E-state index in [1.165, 1.54) is 0 Å². The zero-order chi connectivity index (χ0) is 16.4. The van der Waals surface area contributed by atoms with E-state index in [2.05, 4.69) is 15.0 Å². The van der Waals surface area contributed by atoms with Gasteiger partial charge in [0.15, 0.2) is 6.17 Å². The normalized spacial score (nSPS) is 18.9. The lowest BCUT2D eigenvalue weighted by molar-refractivity contribution is 0.148. The van der Waals surface area contributed by atoms with Gasteiger partial charge in [-0.05, 0) is 36.8 Å². The highest BCUT2D eigenvalue weighted by Crippen LogP contribution is 2.35. The van der Waals surface area contributed by atoms with Gasteiger partial charge >= 0.3 is 0 Å². The van der Waals surface area contributed by atoms with E-state index in [1.807, 2.05) is 61.3 Å². The number of aliphatic hydroxyl groups is 1. The van der Waals surface area contributed by atoms with Gasteiger partial charge in [0.05, 0.1) is 18.3 Å². The number of aryl methyl sites for hydroxylation is 1. The van der Waals surface area contributed by atoms with Gasteiger partial charge in [0.2, 0.25) is 0 Å². The third kappa shape index (κ3) is 3.02. The van der Waals surface area contributed by atoms with Crippen LogP contribution >= 0.6 is 11.6 Å². The molecule has 1 N–H and O–H groups in total. The van der Waals surface area contributed by atoms with E-state index in [9.17, 15) is 5.11 Å². The third-order valence-corrected chi connectivity index (χ3v) is 4.26. The Bertz CT molecular complexity index is 735. The number of aliphatic hydroxyl groups excluding tert-OH is 1. The maximum atomic E-state index is 9.72. The molecule has 0 bridgehead atoms. The van der Waals surface area contributed by atoms with Crippen molar-refractivity contribution in [2.24, 2.45) is 12.0 Å². The molecule has 5 nitrogen and oxygen atoms in total. The molecule has 1 unspecified atom stereocenters. The zero-order valence-electron chi connectivity index (χ0n) is 13.1. The van der Waals surface area contributed by atoms with Crippen molar-refractivity contribution in [1.82, 2.24) is 14.7 Å². The van der Waals surface area contributed by atoms with Crippen LogP contribution in [0.15, 0.2) is 47.6 Å². The molecule has 0 radical (unpaired) electrons. The fourth-order valence-corrected chi connectivity index (χ4v) is 2.90. The fraction of sp³-hybridized carbons (Fsp3) is 0.294. The molecule has 1 aromatic carbocycles. The summed E-state index contributed by atoms with van der Waals surface area (Å²) in [5.74, 6) is 0. The van der Waals surface area contributed by atoms with Crippen LogP contribution in [0, 0.1) is 0 Å². The molecule has 0 amide bonds. The van der Waals surface area contributed by atoms with Crippen LogP contribution < -0.4 is 0 Å². The molecule has 23 heavy (non-hydrogen) atoms. The van der Waals surface area contributed by atoms with E-state index in [0.717, 1.165) is 17.0 Å². The van der Waals surface area contributed by atoms with Crippen LogP contribution in [0.5, 0.6) is 0 Å². The van der Waals surface area contributed by atoms with E-state index in [0.29, 0.717) is 5.02 Å². The van der Waals surface area contributed by atoms with Crippen LogP contribution in [-0.4, -0.2) is 38.7 Å². The van der Waals surface area contributed by atoms with Crippen LogP contribution in [0.3, 0.4) is 0 Å². The second kappa shape index (κ2) is 6.56. The zero-order valence-corrected chi connectivity index (χ0v) is 13.9. The van der Waals surface area contributed by atoms with E-state index in [4.69, 9.17) is 11.6 Å². The highest BCUT2D eigenvalue weighted by atomic mass is 35.5. The topological polar surface area (TPSA) is 53.6 Å². The summed E-state index contributed by atoms with van der Waals surface area (Å²) in [6, 6.07) is 9.54. The Morgan fingerprint density at radius 1 is 1.26 bits per heavy atom. The second-order valence-electron chi connectivity index (χ2n) is 5.55. The van der Waals surface area contributed by atoms with Crippen molar-refractivity contribution in [1.29, 1.82) is 0 Å². The molecule has 0 spiro atoms. The minimum Gasteiger partial charge on any atom is -0.394 e. The monoisotopic (exact) mass is 330 g/mol. The Hall–Kier alpha value is -2.11. The van der Waals surface area contributed by atoms with Gasteiger partial charge in [-0.3, -0.25) is 9.67 Å². The predicted molar refractivity (Wildman–Crippen MR) is 92.3 cm³/mol. The van der Waals surface area contributed by atoms with Gasteiger partial charge in [-0.1, -0.05) is 23.7 Å². The van der Waals surface area contributed by atoms with Crippen LogP contribution in [0.2, 0.25) is 5.02 Å². The molecule has 0 saturated carbocycles. The molecule has 0 aliphatic carbocycles. The molecule has 0 saturated heterocycles. The highest BCUT2D eigenvalue weighted by Gasteiger charge is 2.30. The first-order chi connectivity index (χ1) is 11.1. The molecule has 3 rings (SSSR count). The smallest absolute Gasteiger partial charge is 0.164 e. The van der Waals surface area contributed by atoms with Gasteiger partial charge in [0.25, 0.3) is 0 Å². The number of hydrogen-bond donors (Lipinski definition) is 1. The lowest BCUT2D eigenvalue weighted by Crippen LogP contribution is -2.39. The first-order valence-electron chi connectivity index (χ1n) is 7.48. The Labute approximate surface area is 140 Å². The number of benzene rings is 1. The van der Waals surface area contributed by atoms with Crippen molar-refractivity contribution < 1.29 is 5.11 Å². The summed E-state index contributed by atoms with van der Waals surface area (Å²) in [6.45, 7) is 2.02. The molecule has 2 atom stereocenters.